The Kier molecular flexibility index (Phi) is 5.10. The van der Waals surface area contributed by atoms with Crippen LogP contribution in [-0.2, 0) is 10.0 Å². The second-order valence-electron chi connectivity index (χ2n) is 4.31. The van der Waals surface area contributed by atoms with E-state index in [2.05, 4.69) is 10.6 Å². The summed E-state index contributed by atoms with van der Waals surface area (Å²) in [6.45, 7) is 2.33. The lowest BCUT2D eigenvalue weighted by molar-refractivity contribution is 0.0917. The molecule has 8 heteroatoms. The first-order chi connectivity index (χ1) is 8.78. The monoisotopic (exact) mass is 289 g/mol. The Balaban J connectivity index is 2.78. The normalized spacial score (nSPS) is 13.5. The molecular weight excluding hydrogens is 270 g/mol. The average Bonchev–Trinajstić information content (AvgIpc) is 2.85. The van der Waals surface area contributed by atoms with Crippen molar-refractivity contribution in [2.75, 3.05) is 27.7 Å². The van der Waals surface area contributed by atoms with Crippen LogP contribution in [0.3, 0.4) is 0 Å². The summed E-state index contributed by atoms with van der Waals surface area (Å²) in [7, 11) is 0.922. The number of amides is 1. The predicted molar refractivity (Wildman–Crippen MR) is 70.4 cm³/mol. The van der Waals surface area contributed by atoms with Gasteiger partial charge in [-0.05, 0) is 26.1 Å². The number of hydrogen-bond donors (Lipinski definition) is 2. The van der Waals surface area contributed by atoms with Gasteiger partial charge in [-0.25, -0.2) is 12.7 Å². The number of furan rings is 1. The molecule has 19 heavy (non-hydrogen) atoms. The van der Waals surface area contributed by atoms with Gasteiger partial charge in [-0.15, -0.1) is 0 Å². The molecule has 1 rings (SSSR count). The van der Waals surface area contributed by atoms with Gasteiger partial charge in [0.25, 0.3) is 15.9 Å². The van der Waals surface area contributed by atoms with Crippen LogP contribution in [-0.4, -0.2) is 52.4 Å². The molecule has 0 aliphatic rings. The third-order valence-corrected chi connectivity index (χ3v) is 4.29. The van der Waals surface area contributed by atoms with Crippen LogP contribution in [0.2, 0.25) is 0 Å². The van der Waals surface area contributed by atoms with Gasteiger partial charge in [0.1, 0.15) is 0 Å². The molecule has 0 saturated carbocycles. The van der Waals surface area contributed by atoms with Crippen LogP contribution in [0, 0.1) is 0 Å². The highest BCUT2D eigenvalue weighted by molar-refractivity contribution is 7.88. The topological polar surface area (TPSA) is 91.6 Å². The van der Waals surface area contributed by atoms with Crippen LogP contribution in [0.5, 0.6) is 0 Å². The molecule has 0 aliphatic heterocycles. The summed E-state index contributed by atoms with van der Waals surface area (Å²) in [5.74, 6) is -0.467. The lowest BCUT2D eigenvalue weighted by Crippen LogP contribution is -2.37. The molecule has 0 aromatic carbocycles. The maximum atomic E-state index is 11.8. The lowest BCUT2D eigenvalue weighted by atomic mass is 10.3. The largest absolute Gasteiger partial charge is 0.438 e. The van der Waals surface area contributed by atoms with Crippen LogP contribution in [0.1, 0.15) is 17.5 Å². The molecule has 7 nitrogen and oxygen atoms in total. The highest BCUT2D eigenvalue weighted by atomic mass is 32.2. The molecular formula is C11H19N3O4S. The molecule has 0 aliphatic carbocycles. The Morgan fingerprint density at radius 2 is 2.05 bits per heavy atom. The van der Waals surface area contributed by atoms with Crippen LogP contribution < -0.4 is 10.6 Å². The number of nitrogens with one attached hydrogen (secondary N) is 2. The van der Waals surface area contributed by atoms with Crippen LogP contribution >= 0.6 is 0 Å². The zero-order chi connectivity index (χ0) is 14.6. The van der Waals surface area contributed by atoms with Gasteiger partial charge in [0, 0.05) is 26.7 Å². The minimum atomic E-state index is -3.65. The summed E-state index contributed by atoms with van der Waals surface area (Å²) >= 11 is 0. The van der Waals surface area contributed by atoms with E-state index < -0.39 is 15.9 Å². The van der Waals surface area contributed by atoms with Gasteiger partial charge in [-0.2, -0.15) is 0 Å². The van der Waals surface area contributed by atoms with Gasteiger partial charge in [-0.3, -0.25) is 4.79 Å². The van der Waals surface area contributed by atoms with E-state index in [1.54, 1.807) is 7.05 Å². The fraction of sp³-hybridized carbons (Fsp3) is 0.545. The van der Waals surface area contributed by atoms with Gasteiger partial charge in [0.05, 0.1) is 0 Å². The van der Waals surface area contributed by atoms with Crippen molar-refractivity contribution in [3.05, 3.63) is 17.9 Å². The molecule has 2 N–H and O–H groups in total. The van der Waals surface area contributed by atoms with Crippen molar-refractivity contribution in [2.45, 2.75) is 18.1 Å². The van der Waals surface area contributed by atoms with Gasteiger partial charge >= 0.3 is 0 Å². The lowest BCUT2D eigenvalue weighted by Gasteiger charge is -2.10. The minimum absolute atomic E-state index is 0.0243. The molecule has 1 aromatic heterocycles. The number of carbonyl (C=O) groups excluding carboxylic acids is 1. The van der Waals surface area contributed by atoms with Gasteiger partial charge in [0.15, 0.2) is 5.76 Å². The number of likely N-dealkylation sites (N-methyl/N-ethyl adjacent to an activating group) is 1. The number of hydrogen-bond acceptors (Lipinski definition) is 5. The standard InChI is InChI=1S/C11H19N3O4S/c1-8(12-2)7-13-11(15)9-5-6-10(18-9)19(16,17)14(3)4/h5-6,8,12H,7H2,1-4H3,(H,13,15). The van der Waals surface area contributed by atoms with Gasteiger partial charge in [-0.1, -0.05) is 0 Å². The molecule has 1 aromatic rings. The van der Waals surface area contributed by atoms with Crippen molar-refractivity contribution >= 4 is 15.9 Å². The van der Waals surface area contributed by atoms with Gasteiger partial charge in [0.2, 0.25) is 5.09 Å². The molecule has 1 heterocycles. The maximum absolute atomic E-state index is 11.8. The van der Waals surface area contributed by atoms with E-state index in [0.717, 1.165) is 4.31 Å². The summed E-state index contributed by atoms with van der Waals surface area (Å²) in [5.41, 5.74) is 0. The molecule has 1 unspecified atom stereocenters. The van der Waals surface area contributed by atoms with E-state index in [-0.39, 0.29) is 16.9 Å². The molecule has 0 radical (unpaired) electrons. The first kappa shape index (κ1) is 15.7. The van der Waals surface area contributed by atoms with Crippen LogP contribution in [0.25, 0.3) is 0 Å². The number of carbonyl (C=O) groups is 1. The Morgan fingerprint density at radius 3 is 2.58 bits per heavy atom. The summed E-state index contributed by atoms with van der Waals surface area (Å²) in [4.78, 5) is 11.7. The third-order valence-electron chi connectivity index (χ3n) is 2.60. The first-order valence-corrected chi connectivity index (χ1v) is 7.21. The number of sulfonamides is 1. The number of rotatable bonds is 6. The van der Waals surface area contributed by atoms with E-state index in [1.807, 2.05) is 6.92 Å². The Morgan fingerprint density at radius 1 is 1.42 bits per heavy atom. The smallest absolute Gasteiger partial charge is 0.287 e. The summed E-state index contributed by atoms with van der Waals surface area (Å²) in [6.07, 6.45) is 0. The second-order valence-corrected chi connectivity index (χ2v) is 6.39. The third kappa shape index (κ3) is 3.79. The maximum Gasteiger partial charge on any atom is 0.287 e. The first-order valence-electron chi connectivity index (χ1n) is 5.77. The van der Waals surface area contributed by atoms with E-state index in [4.69, 9.17) is 4.42 Å². The highest BCUT2D eigenvalue weighted by Crippen LogP contribution is 2.16. The van der Waals surface area contributed by atoms with E-state index >= 15 is 0 Å². The van der Waals surface area contributed by atoms with E-state index in [0.29, 0.717) is 6.54 Å². The van der Waals surface area contributed by atoms with E-state index in [9.17, 15) is 13.2 Å². The Hall–Kier alpha value is -1.38. The van der Waals surface area contributed by atoms with Crippen molar-refractivity contribution < 1.29 is 17.6 Å². The second kappa shape index (κ2) is 6.18. The van der Waals surface area contributed by atoms with Crippen molar-refractivity contribution in [1.29, 1.82) is 0 Å². The molecule has 0 spiro atoms. The predicted octanol–water partition coefficient (Wildman–Crippen LogP) is -0.132. The highest BCUT2D eigenvalue weighted by Gasteiger charge is 2.23. The van der Waals surface area contributed by atoms with Crippen molar-refractivity contribution in [3.63, 3.8) is 0 Å². The summed E-state index contributed by atoms with van der Waals surface area (Å²) in [6, 6.07) is 2.73. The van der Waals surface area contributed by atoms with Gasteiger partial charge < -0.3 is 15.1 Å². The average molecular weight is 289 g/mol. The van der Waals surface area contributed by atoms with Crippen LogP contribution in [0.4, 0.5) is 0 Å². The van der Waals surface area contributed by atoms with Crippen molar-refractivity contribution in [3.8, 4) is 0 Å². The van der Waals surface area contributed by atoms with Crippen molar-refractivity contribution in [2.24, 2.45) is 0 Å². The SMILES string of the molecule is CNC(C)CNC(=O)c1ccc(S(=O)(=O)N(C)C)o1. The fourth-order valence-corrected chi connectivity index (χ4v) is 1.99. The Bertz CT molecular complexity index is 536. The molecule has 1 amide bonds. The zero-order valence-corrected chi connectivity index (χ0v) is 12.2. The van der Waals surface area contributed by atoms with Crippen LogP contribution in [0.15, 0.2) is 21.6 Å². The molecule has 0 fully saturated rings. The van der Waals surface area contributed by atoms with Crippen molar-refractivity contribution in [1.82, 2.24) is 14.9 Å². The molecule has 108 valence electrons. The number of nitrogens with zero attached hydrogens (tertiary/aromatic N) is 1. The quantitative estimate of drug-likeness (QED) is 0.761. The minimum Gasteiger partial charge on any atom is -0.438 e. The Labute approximate surface area is 113 Å². The molecule has 0 bridgehead atoms. The summed E-state index contributed by atoms with van der Waals surface area (Å²) in [5, 5.41) is 5.36. The molecule has 0 saturated heterocycles. The molecule has 1 atom stereocenters. The van der Waals surface area contributed by atoms with E-state index in [1.165, 1.54) is 26.2 Å². The fourth-order valence-electron chi connectivity index (χ4n) is 1.20. The summed E-state index contributed by atoms with van der Waals surface area (Å²) < 4.78 is 29.6. The zero-order valence-electron chi connectivity index (χ0n) is 11.4.